The highest BCUT2D eigenvalue weighted by atomic mass is 32.2. The molecule has 114 valence electrons. The molecule has 21 heavy (non-hydrogen) atoms. The molecule has 2 N–H and O–H groups in total. The van der Waals surface area contributed by atoms with Crippen molar-refractivity contribution in [2.24, 2.45) is 9.50 Å². The highest BCUT2D eigenvalue weighted by molar-refractivity contribution is 7.72. The lowest BCUT2D eigenvalue weighted by molar-refractivity contribution is -0.117. The van der Waals surface area contributed by atoms with Crippen molar-refractivity contribution in [1.29, 1.82) is 5.26 Å². The molecular weight excluding hydrogens is 286 g/mol. The van der Waals surface area contributed by atoms with E-state index in [2.05, 4.69) is 10.4 Å². The molecule has 0 saturated heterocycles. The van der Waals surface area contributed by atoms with Crippen LogP contribution in [0.4, 0.5) is 0 Å². The molecule has 1 amide bonds. The molecule has 0 heterocycles. The Bertz CT molecular complexity index is 637. The fraction of sp³-hybridized carbons (Fsp3) is 0.467. The maximum absolute atomic E-state index is 11.8. The summed E-state index contributed by atoms with van der Waals surface area (Å²) in [6, 6.07) is 5.76. The van der Waals surface area contributed by atoms with Gasteiger partial charge in [0.1, 0.15) is 0 Å². The average Bonchev–Trinajstić information content (AvgIpc) is 2.37. The van der Waals surface area contributed by atoms with Gasteiger partial charge in [0.05, 0.1) is 18.1 Å². The zero-order valence-electron chi connectivity index (χ0n) is 12.7. The number of rotatable bonds is 4. The van der Waals surface area contributed by atoms with Crippen LogP contribution >= 0.6 is 0 Å². The minimum atomic E-state index is -1.99. The third kappa shape index (κ3) is 4.66. The van der Waals surface area contributed by atoms with Crippen LogP contribution in [0.1, 0.15) is 61.8 Å². The fourth-order valence-electron chi connectivity index (χ4n) is 2.30. The Labute approximate surface area is 127 Å². The molecular formula is C15H20N3O2S-. The number of carbonyl (C=O) groups is 1. The highest BCUT2D eigenvalue weighted by Crippen LogP contribution is 2.30. The number of benzene rings is 1. The monoisotopic (exact) mass is 306 g/mol. The molecule has 0 aromatic heterocycles. The second kappa shape index (κ2) is 7.34. The van der Waals surface area contributed by atoms with Gasteiger partial charge in [0.15, 0.2) is 0 Å². The van der Waals surface area contributed by atoms with Crippen molar-refractivity contribution in [1.82, 2.24) is 0 Å². The van der Waals surface area contributed by atoms with E-state index >= 15 is 0 Å². The van der Waals surface area contributed by atoms with Gasteiger partial charge in [-0.2, -0.15) is 5.26 Å². The van der Waals surface area contributed by atoms with E-state index in [0.717, 1.165) is 16.7 Å². The molecule has 1 aromatic rings. The third-order valence-electron chi connectivity index (χ3n) is 3.21. The molecule has 0 spiro atoms. The van der Waals surface area contributed by atoms with Crippen LogP contribution in [0.5, 0.6) is 0 Å². The molecule has 1 aromatic carbocycles. The van der Waals surface area contributed by atoms with Gasteiger partial charge in [0, 0.05) is 0 Å². The van der Waals surface area contributed by atoms with Gasteiger partial charge in [-0.3, -0.25) is 4.79 Å². The zero-order valence-corrected chi connectivity index (χ0v) is 13.5. The molecule has 0 fully saturated rings. The number of carbonyl (C=O) groups excluding carboxylic acids is 1. The Kier molecular flexibility index (Phi) is 6.06. The molecule has 0 saturated carbocycles. The number of nitrogens with zero attached hydrogens (tertiary/aromatic N) is 2. The first kappa shape index (κ1) is 17.3. The number of hydrogen-bond acceptors (Lipinski definition) is 4. The lowest BCUT2D eigenvalue weighted by Gasteiger charge is -2.19. The molecule has 0 bridgehead atoms. The first-order chi connectivity index (χ1) is 9.76. The van der Waals surface area contributed by atoms with Gasteiger partial charge in [0.25, 0.3) is 0 Å². The van der Waals surface area contributed by atoms with Crippen molar-refractivity contribution >= 4 is 16.7 Å². The first-order valence-electron chi connectivity index (χ1n) is 6.73. The molecule has 0 unspecified atom stereocenters. The van der Waals surface area contributed by atoms with Crippen molar-refractivity contribution in [3.63, 3.8) is 0 Å². The summed E-state index contributed by atoms with van der Waals surface area (Å²) < 4.78 is 14.2. The Morgan fingerprint density at radius 3 is 2.10 bits per heavy atom. The fourth-order valence-corrected chi connectivity index (χ4v) is 2.57. The molecule has 6 heteroatoms. The second-order valence-corrected chi connectivity index (χ2v) is 6.23. The van der Waals surface area contributed by atoms with Crippen molar-refractivity contribution in [2.75, 3.05) is 0 Å². The maximum Gasteiger partial charge on any atom is 0.228 e. The van der Waals surface area contributed by atoms with Crippen molar-refractivity contribution in [3.8, 4) is 6.07 Å². The topological polar surface area (TPSA) is 96.3 Å². The normalized spacial score (nSPS) is 12.7. The van der Waals surface area contributed by atoms with E-state index < -0.39 is 16.7 Å². The summed E-state index contributed by atoms with van der Waals surface area (Å²) in [5, 5.41) is 14.2. The summed E-state index contributed by atoms with van der Waals surface area (Å²) in [7, 11) is -1.99. The standard InChI is InChI=1S/C15H20N3O2S/c1-9(2)12-5-11(8-16)6-13(10(3)4)14(12)7-15(19)18-21(17)20/h5-6,9-10H,7H2,1-4H3,(H2,17,18,19,20)/q-1. The van der Waals surface area contributed by atoms with Crippen LogP contribution in [-0.4, -0.2) is 5.91 Å². The van der Waals surface area contributed by atoms with Gasteiger partial charge in [-0.25, -0.2) is 0 Å². The van der Waals surface area contributed by atoms with Gasteiger partial charge in [0.2, 0.25) is 5.91 Å². The Morgan fingerprint density at radius 1 is 1.29 bits per heavy atom. The third-order valence-corrected chi connectivity index (χ3v) is 3.60. The zero-order chi connectivity index (χ0) is 16.2. The van der Waals surface area contributed by atoms with E-state index in [1.165, 1.54) is 0 Å². The van der Waals surface area contributed by atoms with Crippen LogP contribution in [-0.2, 0) is 26.2 Å². The van der Waals surface area contributed by atoms with E-state index in [0.29, 0.717) is 5.56 Å². The van der Waals surface area contributed by atoms with E-state index in [1.54, 1.807) is 12.1 Å². The molecule has 1 rings (SSSR count). The number of hydrogen-bond donors (Lipinski definition) is 1. The van der Waals surface area contributed by atoms with Crippen molar-refractivity contribution in [2.45, 2.75) is 46.0 Å². The Hall–Kier alpha value is -1.71. The molecule has 0 aliphatic heterocycles. The lowest BCUT2D eigenvalue weighted by atomic mass is 9.85. The van der Waals surface area contributed by atoms with Crippen LogP contribution in [0.15, 0.2) is 16.5 Å². The predicted molar refractivity (Wildman–Crippen MR) is 82.7 cm³/mol. The first-order valence-corrected chi connectivity index (χ1v) is 7.90. The molecule has 0 aliphatic carbocycles. The minimum Gasteiger partial charge on any atom is -0.430 e. The summed E-state index contributed by atoms with van der Waals surface area (Å²) in [6.45, 7) is 8.03. The van der Waals surface area contributed by atoms with Gasteiger partial charge >= 0.3 is 0 Å². The van der Waals surface area contributed by atoms with Crippen LogP contribution < -0.4 is 5.14 Å². The molecule has 0 aliphatic rings. The number of nitriles is 1. The van der Waals surface area contributed by atoms with Gasteiger partial charge in [-0.1, -0.05) is 27.7 Å². The molecule has 0 radical (unpaired) electrons. The van der Waals surface area contributed by atoms with Crippen LogP contribution in [0.2, 0.25) is 0 Å². The summed E-state index contributed by atoms with van der Waals surface area (Å²) in [4.78, 5) is 11.8. The Morgan fingerprint density at radius 2 is 1.76 bits per heavy atom. The Balaban J connectivity index is 3.46. The summed E-state index contributed by atoms with van der Waals surface area (Å²) in [5.41, 5.74) is 3.34. The summed E-state index contributed by atoms with van der Waals surface area (Å²) in [5.74, 6) is -0.173. The second-order valence-electron chi connectivity index (χ2n) is 5.49. The van der Waals surface area contributed by atoms with Crippen LogP contribution in [0.3, 0.4) is 0 Å². The predicted octanol–water partition coefficient (Wildman–Crippen LogP) is 2.90. The van der Waals surface area contributed by atoms with Crippen molar-refractivity contribution < 1.29 is 9.00 Å². The summed E-state index contributed by atoms with van der Waals surface area (Å²) in [6.07, 6.45) is 0.0513. The van der Waals surface area contributed by atoms with E-state index in [9.17, 15) is 9.00 Å². The molecule has 5 nitrogen and oxygen atoms in total. The minimum absolute atomic E-state index is 0.0513. The number of nitrogens with two attached hydrogens (primary N) is 1. The van der Waals surface area contributed by atoms with E-state index in [4.69, 9.17) is 10.4 Å². The van der Waals surface area contributed by atoms with Gasteiger partial charge in [-0.05, 0) is 40.7 Å². The van der Waals surface area contributed by atoms with Gasteiger partial charge < -0.3 is 13.7 Å². The highest BCUT2D eigenvalue weighted by Gasteiger charge is 2.17. The van der Waals surface area contributed by atoms with E-state index in [-0.39, 0.29) is 18.3 Å². The van der Waals surface area contributed by atoms with Crippen molar-refractivity contribution in [3.05, 3.63) is 34.4 Å². The maximum atomic E-state index is 11.8. The number of amides is 1. The SMILES string of the molecule is CC(C)c1cc(C#N)cc(C(C)C)c1CC(=O)N=[S-](N)=O. The largest absolute Gasteiger partial charge is 0.430 e. The lowest BCUT2D eigenvalue weighted by Crippen LogP contribution is -2.10. The summed E-state index contributed by atoms with van der Waals surface area (Å²) >= 11 is 0. The molecule has 0 atom stereocenters. The smallest absolute Gasteiger partial charge is 0.228 e. The van der Waals surface area contributed by atoms with Crippen LogP contribution in [0.25, 0.3) is 0 Å². The van der Waals surface area contributed by atoms with Crippen LogP contribution in [0, 0.1) is 11.3 Å². The average molecular weight is 306 g/mol. The van der Waals surface area contributed by atoms with E-state index in [1.807, 2.05) is 27.7 Å². The van der Waals surface area contributed by atoms with Gasteiger partial charge in [-0.15, -0.1) is 10.8 Å². The quantitative estimate of drug-likeness (QED) is 0.866.